The molecule has 25 heavy (non-hydrogen) atoms. The number of hydrogen-bond donors (Lipinski definition) is 2. The van der Waals surface area contributed by atoms with Crippen LogP contribution in [0.15, 0.2) is 53.1 Å². The minimum atomic E-state index is -1.39. The van der Waals surface area contributed by atoms with E-state index < -0.39 is 6.16 Å². The molecule has 0 saturated heterocycles. The predicted octanol–water partition coefficient (Wildman–Crippen LogP) is 4.25. The first-order valence-corrected chi connectivity index (χ1v) is 7.52. The molecule has 0 aliphatic rings. The molecule has 2 aromatic heterocycles. The minimum absolute atomic E-state index is 0.162. The first kappa shape index (κ1) is 14.9. The minimum Gasteiger partial charge on any atom is -0.449 e. The molecule has 7 nitrogen and oxygen atoms in total. The highest BCUT2D eigenvalue weighted by atomic mass is 16.7. The SMILES string of the molecule is Cc1ccc(-c2nc(-c3nc4c(OC(=O)O)cccc4[nH]3)co2)cc1. The van der Waals surface area contributed by atoms with E-state index in [0.29, 0.717) is 28.4 Å². The van der Waals surface area contributed by atoms with Gasteiger partial charge in [0, 0.05) is 5.56 Å². The van der Waals surface area contributed by atoms with Crippen LogP contribution in [0.3, 0.4) is 0 Å². The van der Waals surface area contributed by atoms with Gasteiger partial charge < -0.3 is 19.2 Å². The summed E-state index contributed by atoms with van der Waals surface area (Å²) in [5.41, 5.74) is 3.60. The van der Waals surface area contributed by atoms with Gasteiger partial charge in [0.15, 0.2) is 11.6 Å². The summed E-state index contributed by atoms with van der Waals surface area (Å²) in [6, 6.07) is 12.8. The van der Waals surface area contributed by atoms with Gasteiger partial charge >= 0.3 is 6.16 Å². The molecule has 0 radical (unpaired) electrons. The maximum atomic E-state index is 10.8. The number of rotatable bonds is 3. The van der Waals surface area contributed by atoms with Crippen molar-refractivity contribution in [1.29, 1.82) is 0 Å². The number of imidazole rings is 1. The second-order valence-electron chi connectivity index (χ2n) is 5.51. The van der Waals surface area contributed by atoms with Crippen LogP contribution in [0.5, 0.6) is 5.75 Å². The molecule has 2 heterocycles. The molecular formula is C18H13N3O4. The predicted molar refractivity (Wildman–Crippen MR) is 90.4 cm³/mol. The van der Waals surface area contributed by atoms with Gasteiger partial charge in [0.1, 0.15) is 17.5 Å². The maximum Gasteiger partial charge on any atom is 0.511 e. The zero-order chi connectivity index (χ0) is 17.4. The zero-order valence-electron chi connectivity index (χ0n) is 13.2. The number of oxazole rings is 1. The molecule has 0 fully saturated rings. The summed E-state index contributed by atoms with van der Waals surface area (Å²) in [5.74, 6) is 1.12. The summed E-state index contributed by atoms with van der Waals surface area (Å²) in [5, 5.41) is 8.81. The third-order valence-electron chi connectivity index (χ3n) is 3.72. The summed E-state index contributed by atoms with van der Waals surface area (Å²) >= 11 is 0. The fraction of sp³-hybridized carbons (Fsp3) is 0.0556. The Balaban J connectivity index is 1.73. The molecule has 0 spiro atoms. The number of carboxylic acid groups (broad SMARTS) is 1. The Kier molecular flexibility index (Phi) is 3.46. The lowest BCUT2D eigenvalue weighted by Gasteiger charge is -1.98. The second kappa shape index (κ2) is 5.79. The number of benzene rings is 2. The van der Waals surface area contributed by atoms with E-state index in [-0.39, 0.29) is 5.75 Å². The summed E-state index contributed by atoms with van der Waals surface area (Å²) in [6.07, 6.45) is 0.116. The fourth-order valence-corrected chi connectivity index (χ4v) is 2.51. The number of carbonyl (C=O) groups is 1. The van der Waals surface area contributed by atoms with Crippen LogP contribution in [-0.4, -0.2) is 26.2 Å². The van der Waals surface area contributed by atoms with Crippen LogP contribution >= 0.6 is 0 Å². The fourth-order valence-electron chi connectivity index (χ4n) is 2.51. The van der Waals surface area contributed by atoms with Crippen molar-refractivity contribution in [2.24, 2.45) is 0 Å². The monoisotopic (exact) mass is 335 g/mol. The van der Waals surface area contributed by atoms with Gasteiger partial charge in [0.05, 0.1) is 5.52 Å². The molecule has 0 unspecified atom stereocenters. The van der Waals surface area contributed by atoms with Gasteiger partial charge in [-0.2, -0.15) is 0 Å². The third-order valence-corrected chi connectivity index (χ3v) is 3.72. The summed E-state index contributed by atoms with van der Waals surface area (Å²) in [4.78, 5) is 22.7. The molecule has 4 aromatic rings. The van der Waals surface area contributed by atoms with Crippen LogP contribution in [0.4, 0.5) is 4.79 Å². The van der Waals surface area contributed by atoms with Gasteiger partial charge in [0.25, 0.3) is 0 Å². The highest BCUT2D eigenvalue weighted by Gasteiger charge is 2.15. The smallest absolute Gasteiger partial charge is 0.449 e. The molecule has 4 rings (SSSR count). The van der Waals surface area contributed by atoms with Crippen molar-refractivity contribution in [3.05, 3.63) is 54.3 Å². The normalized spacial score (nSPS) is 10.9. The molecule has 0 atom stereocenters. The van der Waals surface area contributed by atoms with E-state index in [4.69, 9.17) is 14.3 Å². The molecule has 124 valence electrons. The topological polar surface area (TPSA) is 101 Å². The van der Waals surface area contributed by atoms with E-state index in [0.717, 1.165) is 11.1 Å². The number of ether oxygens (including phenoxy) is 1. The van der Waals surface area contributed by atoms with Crippen LogP contribution in [0, 0.1) is 6.92 Å². The number of aromatic amines is 1. The third kappa shape index (κ3) is 2.83. The van der Waals surface area contributed by atoms with E-state index in [2.05, 4.69) is 15.0 Å². The van der Waals surface area contributed by atoms with Crippen LogP contribution in [0.25, 0.3) is 34.0 Å². The molecule has 0 amide bonds. The highest BCUT2D eigenvalue weighted by Crippen LogP contribution is 2.28. The first-order valence-electron chi connectivity index (χ1n) is 7.52. The number of aryl methyl sites for hydroxylation is 1. The Morgan fingerprint density at radius 3 is 2.72 bits per heavy atom. The van der Waals surface area contributed by atoms with Crippen LogP contribution < -0.4 is 4.74 Å². The number of H-pyrrole nitrogens is 1. The molecule has 2 aromatic carbocycles. The Labute approximate surface area is 141 Å². The van der Waals surface area contributed by atoms with Gasteiger partial charge in [-0.25, -0.2) is 14.8 Å². The zero-order valence-corrected chi connectivity index (χ0v) is 13.2. The lowest BCUT2D eigenvalue weighted by Crippen LogP contribution is -2.03. The lowest BCUT2D eigenvalue weighted by atomic mass is 10.1. The van der Waals surface area contributed by atoms with Gasteiger partial charge in [0.2, 0.25) is 5.89 Å². The highest BCUT2D eigenvalue weighted by molar-refractivity contribution is 5.86. The van der Waals surface area contributed by atoms with Gasteiger partial charge in [-0.3, -0.25) is 0 Å². The molecule has 0 aliphatic carbocycles. The summed E-state index contributed by atoms with van der Waals surface area (Å²) < 4.78 is 10.3. The van der Waals surface area contributed by atoms with E-state index in [1.165, 1.54) is 6.26 Å². The van der Waals surface area contributed by atoms with E-state index in [1.54, 1.807) is 18.2 Å². The van der Waals surface area contributed by atoms with Crippen LogP contribution in [-0.2, 0) is 0 Å². The van der Waals surface area contributed by atoms with Gasteiger partial charge in [-0.15, -0.1) is 0 Å². The molecule has 0 aliphatic heterocycles. The standard InChI is InChI=1S/C18H13N3O4/c1-10-5-7-11(8-6-10)17-20-13(9-24-17)16-19-12-3-2-4-14(15(12)21-16)25-18(22)23/h2-9H,1H3,(H,19,21)(H,22,23). The molecule has 7 heteroatoms. The van der Waals surface area contributed by atoms with Crippen molar-refractivity contribution in [2.45, 2.75) is 6.92 Å². The number of nitrogens with one attached hydrogen (secondary N) is 1. The molecule has 2 N–H and O–H groups in total. The van der Waals surface area contributed by atoms with Crippen molar-refractivity contribution >= 4 is 17.2 Å². The number of nitrogens with zero attached hydrogens (tertiary/aromatic N) is 2. The molecular weight excluding hydrogens is 322 g/mol. The largest absolute Gasteiger partial charge is 0.511 e. The summed E-state index contributed by atoms with van der Waals surface area (Å²) in [6.45, 7) is 2.01. The Morgan fingerprint density at radius 1 is 1.16 bits per heavy atom. The van der Waals surface area contributed by atoms with Crippen molar-refractivity contribution in [3.8, 4) is 28.7 Å². The maximum absolute atomic E-state index is 10.8. The van der Waals surface area contributed by atoms with E-state index >= 15 is 0 Å². The first-order chi connectivity index (χ1) is 12.1. The Bertz CT molecular complexity index is 1060. The Morgan fingerprint density at radius 2 is 1.96 bits per heavy atom. The summed E-state index contributed by atoms with van der Waals surface area (Å²) in [7, 11) is 0. The number of aromatic nitrogens is 3. The van der Waals surface area contributed by atoms with Crippen LogP contribution in [0.2, 0.25) is 0 Å². The molecule has 0 saturated carbocycles. The van der Waals surface area contributed by atoms with Crippen molar-refractivity contribution in [2.75, 3.05) is 0 Å². The second-order valence-corrected chi connectivity index (χ2v) is 5.51. The van der Waals surface area contributed by atoms with Crippen LogP contribution in [0.1, 0.15) is 5.56 Å². The number of hydrogen-bond acceptors (Lipinski definition) is 5. The Hall–Kier alpha value is -3.61. The van der Waals surface area contributed by atoms with Gasteiger partial charge in [-0.05, 0) is 31.2 Å². The van der Waals surface area contributed by atoms with Crippen molar-refractivity contribution in [1.82, 2.24) is 15.0 Å². The average Bonchev–Trinajstić information content (AvgIpc) is 3.22. The molecule has 0 bridgehead atoms. The average molecular weight is 335 g/mol. The number of para-hydroxylation sites is 1. The number of fused-ring (bicyclic) bond motifs is 1. The van der Waals surface area contributed by atoms with E-state index in [9.17, 15) is 4.79 Å². The quantitative estimate of drug-likeness (QED) is 0.429. The van der Waals surface area contributed by atoms with Crippen molar-refractivity contribution < 1.29 is 19.1 Å². The lowest BCUT2D eigenvalue weighted by molar-refractivity contribution is 0.145. The van der Waals surface area contributed by atoms with E-state index in [1.807, 2.05) is 31.2 Å². The van der Waals surface area contributed by atoms with Gasteiger partial charge in [-0.1, -0.05) is 23.8 Å². The van der Waals surface area contributed by atoms with Crippen molar-refractivity contribution in [3.63, 3.8) is 0 Å².